The SMILES string of the molecule is CCCCC(CC)(CN)CCCC. The molecule has 2 N–H and O–H groups in total. The molecule has 0 atom stereocenters. The molecule has 0 saturated carbocycles. The van der Waals surface area contributed by atoms with E-state index in [9.17, 15) is 0 Å². The van der Waals surface area contributed by atoms with Gasteiger partial charge in [0.15, 0.2) is 0 Å². The highest BCUT2D eigenvalue weighted by atomic mass is 14.6. The number of nitrogens with two attached hydrogens (primary N) is 1. The Balaban J connectivity index is 3.97. The summed E-state index contributed by atoms with van der Waals surface area (Å²) < 4.78 is 0. The topological polar surface area (TPSA) is 26.0 Å². The van der Waals surface area contributed by atoms with Gasteiger partial charge < -0.3 is 5.73 Å². The highest BCUT2D eigenvalue weighted by molar-refractivity contribution is 4.78. The fourth-order valence-electron chi connectivity index (χ4n) is 1.93. The lowest BCUT2D eigenvalue weighted by molar-refractivity contribution is 0.225. The average Bonchev–Trinajstić information content (AvgIpc) is 2.20. The first-order valence-corrected chi connectivity index (χ1v) is 5.94. The van der Waals surface area contributed by atoms with Crippen molar-refractivity contribution in [2.24, 2.45) is 11.1 Å². The van der Waals surface area contributed by atoms with E-state index in [1.54, 1.807) is 0 Å². The van der Waals surface area contributed by atoms with E-state index in [2.05, 4.69) is 20.8 Å². The van der Waals surface area contributed by atoms with Crippen LogP contribution in [0.25, 0.3) is 0 Å². The first kappa shape index (κ1) is 13.0. The minimum atomic E-state index is 0.464. The van der Waals surface area contributed by atoms with Crippen LogP contribution in [0.4, 0.5) is 0 Å². The zero-order valence-electron chi connectivity index (χ0n) is 9.73. The molecular formula is C12H27N. The fourth-order valence-corrected chi connectivity index (χ4v) is 1.93. The first-order valence-electron chi connectivity index (χ1n) is 5.94. The van der Waals surface area contributed by atoms with Gasteiger partial charge in [0.2, 0.25) is 0 Å². The van der Waals surface area contributed by atoms with E-state index in [1.807, 2.05) is 0 Å². The van der Waals surface area contributed by atoms with Gasteiger partial charge in [0.25, 0.3) is 0 Å². The maximum absolute atomic E-state index is 5.90. The lowest BCUT2D eigenvalue weighted by Gasteiger charge is -2.31. The van der Waals surface area contributed by atoms with Gasteiger partial charge in [-0.05, 0) is 31.2 Å². The Bertz CT molecular complexity index is 95.7. The van der Waals surface area contributed by atoms with Crippen LogP contribution < -0.4 is 5.73 Å². The molecule has 0 bridgehead atoms. The second-order valence-electron chi connectivity index (χ2n) is 4.26. The molecule has 0 unspecified atom stereocenters. The summed E-state index contributed by atoms with van der Waals surface area (Å²) in [5, 5.41) is 0. The van der Waals surface area contributed by atoms with Gasteiger partial charge in [-0.2, -0.15) is 0 Å². The van der Waals surface area contributed by atoms with E-state index in [0.717, 1.165) is 6.54 Å². The number of hydrogen-bond donors (Lipinski definition) is 1. The Hall–Kier alpha value is -0.0400. The molecule has 0 aliphatic heterocycles. The van der Waals surface area contributed by atoms with Gasteiger partial charge in [0, 0.05) is 0 Å². The molecule has 13 heavy (non-hydrogen) atoms. The van der Waals surface area contributed by atoms with Crippen molar-refractivity contribution >= 4 is 0 Å². The number of unbranched alkanes of at least 4 members (excludes halogenated alkanes) is 2. The zero-order chi connectivity index (χ0) is 10.2. The predicted octanol–water partition coefficient (Wildman–Crippen LogP) is 3.72. The minimum absolute atomic E-state index is 0.464. The second-order valence-corrected chi connectivity index (χ2v) is 4.26. The number of hydrogen-bond acceptors (Lipinski definition) is 1. The highest BCUT2D eigenvalue weighted by Gasteiger charge is 2.24. The standard InChI is InChI=1S/C12H27N/c1-4-7-9-12(6-3,11-13)10-8-5-2/h4-11,13H2,1-3H3. The third-order valence-electron chi connectivity index (χ3n) is 3.30. The fraction of sp³-hybridized carbons (Fsp3) is 1.00. The normalized spacial score (nSPS) is 12.0. The summed E-state index contributed by atoms with van der Waals surface area (Å²) >= 11 is 0. The van der Waals surface area contributed by atoms with E-state index < -0.39 is 0 Å². The Labute approximate surface area is 84.1 Å². The van der Waals surface area contributed by atoms with E-state index >= 15 is 0 Å². The van der Waals surface area contributed by atoms with Crippen molar-refractivity contribution in [3.05, 3.63) is 0 Å². The van der Waals surface area contributed by atoms with Crippen LogP contribution in [0.5, 0.6) is 0 Å². The van der Waals surface area contributed by atoms with Crippen molar-refractivity contribution in [2.45, 2.75) is 65.7 Å². The summed E-state index contributed by atoms with van der Waals surface area (Å²) in [6, 6.07) is 0. The molecule has 0 rings (SSSR count). The van der Waals surface area contributed by atoms with Crippen LogP contribution in [0.1, 0.15) is 65.7 Å². The molecule has 0 amide bonds. The molecule has 1 heteroatoms. The van der Waals surface area contributed by atoms with Crippen molar-refractivity contribution in [1.29, 1.82) is 0 Å². The van der Waals surface area contributed by atoms with Gasteiger partial charge >= 0.3 is 0 Å². The largest absolute Gasteiger partial charge is 0.330 e. The van der Waals surface area contributed by atoms with Crippen LogP contribution in [0.3, 0.4) is 0 Å². The molecule has 0 aromatic rings. The van der Waals surface area contributed by atoms with Crippen molar-refractivity contribution < 1.29 is 0 Å². The molecule has 0 aliphatic carbocycles. The van der Waals surface area contributed by atoms with Crippen molar-refractivity contribution in [3.8, 4) is 0 Å². The third kappa shape index (κ3) is 4.66. The molecule has 0 aliphatic rings. The second kappa shape index (κ2) is 7.37. The van der Waals surface area contributed by atoms with Crippen LogP contribution in [0.2, 0.25) is 0 Å². The average molecular weight is 185 g/mol. The maximum atomic E-state index is 5.90. The predicted molar refractivity (Wildman–Crippen MR) is 60.8 cm³/mol. The molecule has 0 fully saturated rings. The van der Waals surface area contributed by atoms with Gasteiger partial charge in [-0.25, -0.2) is 0 Å². The molecule has 0 aromatic heterocycles. The Kier molecular flexibility index (Phi) is 7.35. The monoisotopic (exact) mass is 185 g/mol. The minimum Gasteiger partial charge on any atom is -0.330 e. The molecule has 0 radical (unpaired) electrons. The van der Waals surface area contributed by atoms with Crippen LogP contribution in [0.15, 0.2) is 0 Å². The molecule has 0 heterocycles. The van der Waals surface area contributed by atoms with Gasteiger partial charge in [-0.3, -0.25) is 0 Å². The number of rotatable bonds is 8. The maximum Gasteiger partial charge on any atom is -0.00206 e. The first-order chi connectivity index (χ1) is 6.24. The molecule has 0 aromatic carbocycles. The van der Waals surface area contributed by atoms with Gasteiger partial charge in [-0.1, -0.05) is 46.5 Å². The van der Waals surface area contributed by atoms with Crippen molar-refractivity contribution in [3.63, 3.8) is 0 Å². The molecule has 0 spiro atoms. The highest BCUT2D eigenvalue weighted by Crippen LogP contribution is 2.33. The summed E-state index contributed by atoms with van der Waals surface area (Å²) in [7, 11) is 0. The van der Waals surface area contributed by atoms with Gasteiger partial charge in [0.1, 0.15) is 0 Å². The molecule has 0 saturated heterocycles. The molecule has 1 nitrogen and oxygen atoms in total. The van der Waals surface area contributed by atoms with Gasteiger partial charge in [-0.15, -0.1) is 0 Å². The van der Waals surface area contributed by atoms with Crippen LogP contribution in [-0.2, 0) is 0 Å². The summed E-state index contributed by atoms with van der Waals surface area (Å²) in [6.07, 6.45) is 9.20. The summed E-state index contributed by atoms with van der Waals surface area (Å²) in [4.78, 5) is 0. The Morgan fingerprint density at radius 1 is 0.923 bits per heavy atom. The lowest BCUT2D eigenvalue weighted by Crippen LogP contribution is -2.29. The zero-order valence-corrected chi connectivity index (χ0v) is 9.73. The Morgan fingerprint density at radius 3 is 1.62 bits per heavy atom. The summed E-state index contributed by atoms with van der Waals surface area (Å²) in [5.41, 5.74) is 6.36. The molecule has 80 valence electrons. The quantitative estimate of drug-likeness (QED) is 0.613. The van der Waals surface area contributed by atoms with Crippen LogP contribution in [0, 0.1) is 5.41 Å². The van der Waals surface area contributed by atoms with Crippen LogP contribution >= 0.6 is 0 Å². The lowest BCUT2D eigenvalue weighted by atomic mass is 9.76. The Morgan fingerprint density at radius 2 is 1.38 bits per heavy atom. The van der Waals surface area contributed by atoms with Gasteiger partial charge in [0.05, 0.1) is 0 Å². The van der Waals surface area contributed by atoms with E-state index in [0.29, 0.717) is 5.41 Å². The summed E-state index contributed by atoms with van der Waals surface area (Å²) in [6.45, 7) is 7.69. The smallest absolute Gasteiger partial charge is 0.00206 e. The van der Waals surface area contributed by atoms with Crippen LogP contribution in [-0.4, -0.2) is 6.54 Å². The van der Waals surface area contributed by atoms with E-state index in [-0.39, 0.29) is 0 Å². The van der Waals surface area contributed by atoms with Crippen molar-refractivity contribution in [1.82, 2.24) is 0 Å². The van der Waals surface area contributed by atoms with E-state index in [1.165, 1.54) is 44.9 Å². The van der Waals surface area contributed by atoms with E-state index in [4.69, 9.17) is 5.73 Å². The van der Waals surface area contributed by atoms with Crippen molar-refractivity contribution in [2.75, 3.05) is 6.54 Å². The third-order valence-corrected chi connectivity index (χ3v) is 3.30. The summed E-state index contributed by atoms with van der Waals surface area (Å²) in [5.74, 6) is 0. The molecular weight excluding hydrogens is 158 g/mol.